The molecule has 2 aromatic carbocycles. The number of rotatable bonds is 6. The Morgan fingerprint density at radius 2 is 1.73 bits per heavy atom. The van der Waals surface area contributed by atoms with Crippen LogP contribution in [0.25, 0.3) is 0 Å². The summed E-state index contributed by atoms with van der Waals surface area (Å²) >= 11 is 0. The number of carboxylic acids is 1. The molecule has 5 rings (SSSR count). The zero-order chi connectivity index (χ0) is 18.0. The molecular weight excluding hydrogens is 328 g/mol. The molecule has 1 aliphatic carbocycles. The number of para-hydroxylation sites is 1. The summed E-state index contributed by atoms with van der Waals surface area (Å²) in [6.07, 6.45) is 4.91. The summed E-state index contributed by atoms with van der Waals surface area (Å²) in [7, 11) is 0. The molecule has 3 aliphatic rings. The number of hydrogen-bond donors (Lipinski definition) is 1. The van der Waals surface area contributed by atoms with Crippen LogP contribution in [0.1, 0.15) is 44.1 Å². The Labute approximate surface area is 153 Å². The largest absolute Gasteiger partial charge is 0.481 e. The van der Waals surface area contributed by atoms with Gasteiger partial charge in [-0.05, 0) is 67.3 Å². The molecule has 3 fully saturated rings. The van der Waals surface area contributed by atoms with Crippen LogP contribution in [0, 0.1) is 5.41 Å². The lowest BCUT2D eigenvalue weighted by Crippen LogP contribution is -2.49. The van der Waals surface area contributed by atoms with Gasteiger partial charge in [-0.1, -0.05) is 30.3 Å². The van der Waals surface area contributed by atoms with Crippen LogP contribution in [0.2, 0.25) is 0 Å². The third kappa shape index (κ3) is 3.34. The van der Waals surface area contributed by atoms with E-state index in [2.05, 4.69) is 12.1 Å². The molecule has 0 unspecified atom stereocenters. The first-order chi connectivity index (χ1) is 12.6. The monoisotopic (exact) mass is 352 g/mol. The standard InChI is InChI=1S/C22H24O4/c23-20(24)9-10-21-11-13-22(14-12-21,25-16-21)17-5-4-8-19(15-17)26-18-6-2-1-3-7-18/h1-8,15H,9-14,16H2,(H,23,24). The fourth-order valence-electron chi connectivity index (χ4n) is 4.30. The molecule has 136 valence electrons. The van der Waals surface area contributed by atoms with E-state index in [9.17, 15) is 4.79 Å². The highest BCUT2D eigenvalue weighted by atomic mass is 16.5. The molecule has 0 amide bonds. The van der Waals surface area contributed by atoms with Gasteiger partial charge in [0.05, 0.1) is 12.2 Å². The molecule has 0 atom stereocenters. The van der Waals surface area contributed by atoms with E-state index in [0.717, 1.165) is 49.2 Å². The maximum Gasteiger partial charge on any atom is 0.303 e. The number of benzene rings is 2. The molecule has 1 saturated carbocycles. The number of carbonyl (C=O) groups is 1. The normalized spacial score (nSPS) is 27.2. The predicted octanol–water partition coefficient (Wildman–Crippen LogP) is 5.13. The minimum atomic E-state index is -0.715. The van der Waals surface area contributed by atoms with Crippen molar-refractivity contribution in [2.45, 2.75) is 44.1 Å². The lowest BCUT2D eigenvalue weighted by Gasteiger charge is -2.53. The fraction of sp³-hybridized carbons (Fsp3) is 0.409. The van der Waals surface area contributed by atoms with Crippen LogP contribution >= 0.6 is 0 Å². The van der Waals surface area contributed by atoms with E-state index in [4.69, 9.17) is 14.6 Å². The van der Waals surface area contributed by atoms with Crippen molar-refractivity contribution in [3.8, 4) is 11.5 Å². The first-order valence-corrected chi connectivity index (χ1v) is 9.29. The highest BCUT2D eigenvalue weighted by molar-refractivity contribution is 5.66. The van der Waals surface area contributed by atoms with Crippen molar-refractivity contribution in [1.82, 2.24) is 0 Å². The Bertz CT molecular complexity index is 759. The molecule has 2 aromatic rings. The zero-order valence-electron chi connectivity index (χ0n) is 14.8. The van der Waals surface area contributed by atoms with E-state index < -0.39 is 5.97 Å². The molecular formula is C22H24O4. The quantitative estimate of drug-likeness (QED) is 0.783. The summed E-state index contributed by atoms with van der Waals surface area (Å²) in [5, 5.41) is 8.99. The molecule has 4 heteroatoms. The molecule has 1 N–H and O–H groups in total. The summed E-state index contributed by atoms with van der Waals surface area (Å²) in [5.74, 6) is 0.926. The van der Waals surface area contributed by atoms with Crippen molar-refractivity contribution in [1.29, 1.82) is 0 Å². The Hall–Kier alpha value is -2.33. The first kappa shape index (κ1) is 17.1. The second-order valence-electron chi connectivity index (χ2n) is 7.62. The van der Waals surface area contributed by atoms with Crippen molar-refractivity contribution in [3.63, 3.8) is 0 Å². The summed E-state index contributed by atoms with van der Waals surface area (Å²) in [5.41, 5.74) is 0.969. The highest BCUT2D eigenvalue weighted by Crippen LogP contribution is 2.55. The van der Waals surface area contributed by atoms with Crippen molar-refractivity contribution >= 4 is 5.97 Å². The zero-order valence-corrected chi connectivity index (χ0v) is 14.8. The Balaban J connectivity index is 1.49. The van der Waals surface area contributed by atoms with Crippen LogP contribution in [-0.2, 0) is 15.1 Å². The van der Waals surface area contributed by atoms with Crippen LogP contribution in [0.4, 0.5) is 0 Å². The van der Waals surface area contributed by atoms with Gasteiger partial charge in [0.15, 0.2) is 0 Å². The van der Waals surface area contributed by atoms with Gasteiger partial charge in [0.2, 0.25) is 0 Å². The van der Waals surface area contributed by atoms with Crippen molar-refractivity contribution in [2.75, 3.05) is 6.61 Å². The van der Waals surface area contributed by atoms with Gasteiger partial charge in [0.25, 0.3) is 0 Å². The molecule has 0 radical (unpaired) electrons. The topological polar surface area (TPSA) is 55.8 Å². The predicted molar refractivity (Wildman–Crippen MR) is 98.4 cm³/mol. The fourth-order valence-corrected chi connectivity index (χ4v) is 4.30. The van der Waals surface area contributed by atoms with Gasteiger partial charge in [-0.3, -0.25) is 4.79 Å². The van der Waals surface area contributed by atoms with Crippen LogP contribution < -0.4 is 4.74 Å². The van der Waals surface area contributed by atoms with Gasteiger partial charge in [0.1, 0.15) is 11.5 Å². The Kier molecular flexibility index (Phi) is 4.45. The number of ether oxygens (including phenoxy) is 2. The average molecular weight is 352 g/mol. The van der Waals surface area contributed by atoms with Gasteiger partial charge in [-0.25, -0.2) is 0 Å². The van der Waals surface area contributed by atoms with Gasteiger partial charge < -0.3 is 14.6 Å². The molecule has 0 spiro atoms. The van der Waals surface area contributed by atoms with E-state index >= 15 is 0 Å². The third-order valence-corrected chi connectivity index (χ3v) is 5.98. The van der Waals surface area contributed by atoms with Gasteiger partial charge in [-0.2, -0.15) is 0 Å². The smallest absolute Gasteiger partial charge is 0.303 e. The number of aliphatic carboxylic acids is 1. The van der Waals surface area contributed by atoms with Crippen molar-refractivity contribution in [3.05, 3.63) is 60.2 Å². The molecule has 2 aliphatic heterocycles. The SMILES string of the molecule is O=C(O)CCC12CCC(c3cccc(Oc4ccccc4)c3)(CC1)OC2. The van der Waals surface area contributed by atoms with Crippen LogP contribution in [0.15, 0.2) is 54.6 Å². The third-order valence-electron chi connectivity index (χ3n) is 5.98. The number of fused-ring (bicyclic) bond motifs is 3. The first-order valence-electron chi connectivity index (χ1n) is 9.29. The molecule has 2 heterocycles. The molecule has 26 heavy (non-hydrogen) atoms. The van der Waals surface area contributed by atoms with Crippen LogP contribution in [-0.4, -0.2) is 17.7 Å². The minimum absolute atomic E-state index is 0.0539. The van der Waals surface area contributed by atoms with E-state index in [-0.39, 0.29) is 17.4 Å². The van der Waals surface area contributed by atoms with E-state index in [1.165, 1.54) is 0 Å². The van der Waals surface area contributed by atoms with E-state index in [1.807, 2.05) is 42.5 Å². The second kappa shape index (κ2) is 6.76. The van der Waals surface area contributed by atoms with E-state index in [1.54, 1.807) is 0 Å². The van der Waals surface area contributed by atoms with Crippen molar-refractivity contribution < 1.29 is 19.4 Å². The van der Waals surface area contributed by atoms with Gasteiger partial charge in [-0.15, -0.1) is 0 Å². The summed E-state index contributed by atoms with van der Waals surface area (Å²) in [4.78, 5) is 10.9. The van der Waals surface area contributed by atoms with Gasteiger partial charge in [0, 0.05) is 6.42 Å². The number of hydrogen-bond acceptors (Lipinski definition) is 3. The number of carboxylic acid groups (broad SMARTS) is 1. The molecule has 2 bridgehead atoms. The summed E-state index contributed by atoms with van der Waals surface area (Å²) < 4.78 is 12.3. The van der Waals surface area contributed by atoms with E-state index in [0.29, 0.717) is 6.61 Å². The van der Waals surface area contributed by atoms with Crippen LogP contribution in [0.3, 0.4) is 0 Å². The lowest BCUT2D eigenvalue weighted by atomic mass is 9.62. The Morgan fingerprint density at radius 3 is 2.38 bits per heavy atom. The average Bonchev–Trinajstić information content (AvgIpc) is 2.69. The summed E-state index contributed by atoms with van der Waals surface area (Å²) in [6, 6.07) is 18.0. The summed E-state index contributed by atoms with van der Waals surface area (Å²) in [6.45, 7) is 0.657. The maximum atomic E-state index is 10.9. The highest BCUT2D eigenvalue weighted by Gasteiger charge is 2.50. The van der Waals surface area contributed by atoms with Gasteiger partial charge >= 0.3 is 5.97 Å². The minimum Gasteiger partial charge on any atom is -0.481 e. The molecule has 0 aromatic heterocycles. The Morgan fingerprint density at radius 1 is 1.00 bits per heavy atom. The van der Waals surface area contributed by atoms with Crippen LogP contribution in [0.5, 0.6) is 11.5 Å². The van der Waals surface area contributed by atoms with Crippen molar-refractivity contribution in [2.24, 2.45) is 5.41 Å². The molecule has 4 nitrogen and oxygen atoms in total. The maximum absolute atomic E-state index is 10.9. The molecule has 2 saturated heterocycles. The lowest BCUT2D eigenvalue weighted by molar-refractivity contribution is -0.192. The second-order valence-corrected chi connectivity index (χ2v) is 7.62.